The summed E-state index contributed by atoms with van der Waals surface area (Å²) in [7, 11) is 0. The molecular weight excluding hydrogens is 318 g/mol. The molecule has 1 aromatic carbocycles. The molecule has 0 aliphatic heterocycles. The van der Waals surface area contributed by atoms with Gasteiger partial charge in [-0.25, -0.2) is 9.97 Å². The van der Waals surface area contributed by atoms with E-state index in [0.29, 0.717) is 22.3 Å². The maximum absolute atomic E-state index is 9.83. The smallest absolute Gasteiger partial charge is 0.209 e. The Kier molecular flexibility index (Phi) is 3.32. The van der Waals surface area contributed by atoms with Crippen molar-refractivity contribution < 1.29 is 5.11 Å². The highest BCUT2D eigenvalue weighted by atomic mass is 32.2. The molecule has 4 aromatic rings. The molecule has 0 aliphatic rings. The molecule has 0 amide bonds. The van der Waals surface area contributed by atoms with Gasteiger partial charge in [-0.05, 0) is 12.1 Å². The first-order valence-corrected chi connectivity index (χ1v) is 8.41. The summed E-state index contributed by atoms with van der Waals surface area (Å²) in [5.74, 6) is 1.45. The van der Waals surface area contributed by atoms with Crippen LogP contribution in [0.25, 0.3) is 16.3 Å². The number of aromatic amines is 1. The van der Waals surface area contributed by atoms with E-state index in [1.165, 1.54) is 11.8 Å². The Balaban J connectivity index is 1.50. The summed E-state index contributed by atoms with van der Waals surface area (Å²) in [5, 5.41) is 19.5. The zero-order chi connectivity index (χ0) is 14.9. The zero-order valence-electron chi connectivity index (χ0n) is 11.3. The van der Waals surface area contributed by atoms with Crippen LogP contribution >= 0.6 is 23.1 Å². The molecule has 0 radical (unpaired) electrons. The van der Waals surface area contributed by atoms with Crippen molar-refractivity contribution >= 4 is 28.1 Å². The normalized spacial score (nSPS) is 11.3. The first-order valence-electron chi connectivity index (χ1n) is 6.54. The van der Waals surface area contributed by atoms with Gasteiger partial charge in [-0.3, -0.25) is 9.50 Å². The quantitative estimate of drug-likeness (QED) is 0.562. The van der Waals surface area contributed by atoms with Crippen molar-refractivity contribution in [3.8, 4) is 17.1 Å². The van der Waals surface area contributed by atoms with E-state index < -0.39 is 0 Å². The van der Waals surface area contributed by atoms with Gasteiger partial charge < -0.3 is 5.11 Å². The van der Waals surface area contributed by atoms with Crippen LogP contribution < -0.4 is 0 Å². The Labute approximate surface area is 133 Å². The van der Waals surface area contributed by atoms with E-state index in [0.717, 1.165) is 10.7 Å². The van der Waals surface area contributed by atoms with Gasteiger partial charge in [0.25, 0.3) is 0 Å². The molecule has 0 saturated heterocycles. The lowest BCUT2D eigenvalue weighted by molar-refractivity contribution is 0.477. The second-order valence-electron chi connectivity index (χ2n) is 4.60. The number of thioether (sulfide) groups is 1. The summed E-state index contributed by atoms with van der Waals surface area (Å²) >= 11 is 3.12. The van der Waals surface area contributed by atoms with Crippen molar-refractivity contribution in [1.82, 2.24) is 24.6 Å². The SMILES string of the molecule is Oc1ccccc1-c1nc(SCc2cn3ccsc3n2)n[nH]1. The van der Waals surface area contributed by atoms with Crippen molar-refractivity contribution in [2.24, 2.45) is 0 Å². The van der Waals surface area contributed by atoms with E-state index in [4.69, 9.17) is 0 Å². The standard InChI is InChI=1S/C14H11N5OS2/c20-11-4-2-1-3-10(11)12-16-13(18-17-12)22-8-9-7-19-5-6-21-14(19)15-9/h1-7,20H,8H2,(H,16,17,18). The Hall–Kier alpha value is -2.32. The van der Waals surface area contributed by atoms with E-state index in [1.54, 1.807) is 29.5 Å². The number of para-hydroxylation sites is 1. The number of nitrogens with one attached hydrogen (secondary N) is 1. The Morgan fingerprint density at radius 2 is 2.18 bits per heavy atom. The summed E-state index contributed by atoms with van der Waals surface area (Å²) in [4.78, 5) is 9.91. The Morgan fingerprint density at radius 1 is 1.27 bits per heavy atom. The van der Waals surface area contributed by atoms with Gasteiger partial charge in [0, 0.05) is 23.5 Å². The van der Waals surface area contributed by atoms with Crippen LogP contribution in [0.4, 0.5) is 0 Å². The number of hydrogen-bond donors (Lipinski definition) is 2. The number of fused-ring (bicyclic) bond motifs is 1. The van der Waals surface area contributed by atoms with Crippen LogP contribution in [0.1, 0.15) is 5.69 Å². The van der Waals surface area contributed by atoms with Gasteiger partial charge in [0.1, 0.15) is 5.75 Å². The van der Waals surface area contributed by atoms with E-state index >= 15 is 0 Å². The lowest BCUT2D eigenvalue weighted by Gasteiger charge is -1.98. The number of rotatable bonds is 4. The molecule has 0 atom stereocenters. The highest BCUT2D eigenvalue weighted by molar-refractivity contribution is 7.98. The predicted molar refractivity (Wildman–Crippen MR) is 86.1 cm³/mol. The summed E-state index contributed by atoms with van der Waals surface area (Å²) in [5.41, 5.74) is 1.63. The molecule has 3 heterocycles. The number of nitrogens with zero attached hydrogens (tertiary/aromatic N) is 4. The third-order valence-electron chi connectivity index (χ3n) is 3.12. The van der Waals surface area contributed by atoms with Gasteiger partial charge in [0.15, 0.2) is 10.8 Å². The maximum Gasteiger partial charge on any atom is 0.209 e. The molecule has 0 fully saturated rings. The van der Waals surface area contributed by atoms with Crippen molar-refractivity contribution in [2.45, 2.75) is 10.9 Å². The highest BCUT2D eigenvalue weighted by Crippen LogP contribution is 2.27. The average Bonchev–Trinajstić information content (AvgIpc) is 3.21. The van der Waals surface area contributed by atoms with Crippen LogP contribution in [-0.4, -0.2) is 29.7 Å². The minimum Gasteiger partial charge on any atom is -0.507 e. The van der Waals surface area contributed by atoms with Crippen LogP contribution in [0.2, 0.25) is 0 Å². The molecule has 2 N–H and O–H groups in total. The van der Waals surface area contributed by atoms with Crippen LogP contribution in [0.3, 0.4) is 0 Å². The number of imidazole rings is 1. The monoisotopic (exact) mass is 329 g/mol. The molecule has 22 heavy (non-hydrogen) atoms. The molecule has 4 rings (SSSR count). The van der Waals surface area contributed by atoms with Gasteiger partial charge in [0.05, 0.1) is 11.3 Å². The average molecular weight is 329 g/mol. The van der Waals surface area contributed by atoms with Crippen molar-refractivity contribution in [3.05, 3.63) is 47.7 Å². The maximum atomic E-state index is 9.83. The van der Waals surface area contributed by atoms with Crippen LogP contribution in [-0.2, 0) is 5.75 Å². The van der Waals surface area contributed by atoms with Gasteiger partial charge in [-0.15, -0.1) is 16.4 Å². The van der Waals surface area contributed by atoms with Crippen molar-refractivity contribution in [2.75, 3.05) is 0 Å². The molecule has 110 valence electrons. The molecule has 6 nitrogen and oxygen atoms in total. The number of aromatic nitrogens is 5. The molecule has 0 bridgehead atoms. The number of phenols is 1. The highest BCUT2D eigenvalue weighted by Gasteiger charge is 2.10. The van der Waals surface area contributed by atoms with Gasteiger partial charge in [-0.2, -0.15) is 0 Å². The topological polar surface area (TPSA) is 79.1 Å². The number of H-pyrrole nitrogens is 1. The molecule has 0 saturated carbocycles. The van der Waals surface area contributed by atoms with Crippen molar-refractivity contribution in [3.63, 3.8) is 0 Å². The molecule has 0 spiro atoms. The van der Waals surface area contributed by atoms with E-state index in [-0.39, 0.29) is 5.75 Å². The summed E-state index contributed by atoms with van der Waals surface area (Å²) < 4.78 is 2.01. The summed E-state index contributed by atoms with van der Waals surface area (Å²) in [6.45, 7) is 0. The molecule has 3 aromatic heterocycles. The minimum atomic E-state index is 0.185. The largest absolute Gasteiger partial charge is 0.507 e. The van der Waals surface area contributed by atoms with Crippen LogP contribution in [0.5, 0.6) is 5.75 Å². The molecular formula is C14H11N5OS2. The van der Waals surface area contributed by atoms with Gasteiger partial charge in [-0.1, -0.05) is 23.9 Å². The summed E-state index contributed by atoms with van der Waals surface area (Å²) in [6, 6.07) is 7.05. The summed E-state index contributed by atoms with van der Waals surface area (Å²) in [6.07, 6.45) is 4.00. The fourth-order valence-corrected chi connectivity index (χ4v) is 3.49. The Bertz CT molecular complexity index is 898. The number of benzene rings is 1. The zero-order valence-corrected chi connectivity index (χ0v) is 12.9. The van der Waals surface area contributed by atoms with Gasteiger partial charge >= 0.3 is 0 Å². The van der Waals surface area contributed by atoms with E-state index in [2.05, 4.69) is 20.2 Å². The molecule has 0 unspecified atom stereocenters. The van der Waals surface area contributed by atoms with Crippen LogP contribution in [0, 0.1) is 0 Å². The fraction of sp³-hybridized carbons (Fsp3) is 0.0714. The lowest BCUT2D eigenvalue weighted by Crippen LogP contribution is -1.82. The minimum absolute atomic E-state index is 0.185. The molecule has 0 aliphatic carbocycles. The Morgan fingerprint density at radius 3 is 3.05 bits per heavy atom. The number of hydrogen-bond acceptors (Lipinski definition) is 6. The number of phenolic OH excluding ortho intramolecular Hbond substituents is 1. The van der Waals surface area contributed by atoms with Gasteiger partial charge in [0.2, 0.25) is 5.16 Å². The molecule has 8 heteroatoms. The van der Waals surface area contributed by atoms with E-state index in [9.17, 15) is 5.11 Å². The number of thiazole rings is 1. The van der Waals surface area contributed by atoms with Crippen molar-refractivity contribution in [1.29, 1.82) is 0 Å². The predicted octanol–water partition coefficient (Wildman–Crippen LogP) is 3.18. The van der Waals surface area contributed by atoms with E-state index in [1.807, 2.05) is 28.2 Å². The fourth-order valence-electron chi connectivity index (χ4n) is 2.09. The second-order valence-corrected chi connectivity index (χ2v) is 6.41. The first-order chi connectivity index (χ1) is 10.8. The van der Waals surface area contributed by atoms with Crippen LogP contribution in [0.15, 0.2) is 47.2 Å². The third-order valence-corrected chi connectivity index (χ3v) is 4.77. The first kappa shape index (κ1) is 13.4. The third kappa shape index (κ3) is 2.46. The lowest BCUT2D eigenvalue weighted by atomic mass is 10.2. The number of aromatic hydroxyl groups is 1. The second kappa shape index (κ2) is 5.47.